The Kier molecular flexibility index (Phi) is 8.68. The number of alkyl halides is 3. The lowest BCUT2D eigenvalue weighted by atomic mass is 9.83. The molecule has 3 heterocycles. The van der Waals surface area contributed by atoms with Gasteiger partial charge in [-0.3, -0.25) is 14.7 Å². The van der Waals surface area contributed by atoms with Gasteiger partial charge in [-0.2, -0.15) is 23.1 Å². The largest absolute Gasteiger partial charge is 0.477 e. The van der Waals surface area contributed by atoms with Crippen molar-refractivity contribution in [1.82, 2.24) is 25.2 Å². The van der Waals surface area contributed by atoms with Gasteiger partial charge in [-0.15, -0.1) is 0 Å². The van der Waals surface area contributed by atoms with Crippen molar-refractivity contribution >= 4 is 16.8 Å². The summed E-state index contributed by atoms with van der Waals surface area (Å²) in [5.74, 6) is 0.682. The Balaban J connectivity index is 1.11. The lowest BCUT2D eigenvalue weighted by molar-refractivity contribution is -0.139. The van der Waals surface area contributed by atoms with Gasteiger partial charge in [-0.05, 0) is 62.8 Å². The molecule has 1 fully saturated rings. The van der Waals surface area contributed by atoms with Gasteiger partial charge < -0.3 is 14.8 Å². The van der Waals surface area contributed by atoms with Gasteiger partial charge in [0.1, 0.15) is 0 Å². The van der Waals surface area contributed by atoms with E-state index in [9.17, 15) is 18.0 Å². The third kappa shape index (κ3) is 6.99. The SMILES string of the molecule is COc1nc2c(c(OCCC(F)(F)F)n1)CN(CC[C@H]1CC[C@H](NC(=O)c3cccc4ncccc34)CC1)CC2. The van der Waals surface area contributed by atoms with Crippen molar-refractivity contribution in [2.24, 2.45) is 5.92 Å². The van der Waals surface area contributed by atoms with Crippen LogP contribution in [0.1, 0.15) is 60.1 Å². The normalized spacial score (nSPS) is 19.7. The minimum atomic E-state index is -4.29. The van der Waals surface area contributed by atoms with Crippen molar-refractivity contribution in [3.8, 4) is 11.9 Å². The van der Waals surface area contributed by atoms with E-state index in [0.717, 1.165) is 67.4 Å². The number of halogens is 3. The van der Waals surface area contributed by atoms with Gasteiger partial charge in [0.15, 0.2) is 0 Å². The Labute approximate surface area is 231 Å². The highest BCUT2D eigenvalue weighted by Crippen LogP contribution is 2.31. The molecule has 1 saturated carbocycles. The van der Waals surface area contributed by atoms with Crippen molar-refractivity contribution in [2.75, 3.05) is 26.8 Å². The Bertz CT molecular complexity index is 1320. The number of hydrogen-bond donors (Lipinski definition) is 1. The number of aromatic nitrogens is 3. The number of amides is 1. The highest BCUT2D eigenvalue weighted by Gasteiger charge is 2.29. The highest BCUT2D eigenvalue weighted by molar-refractivity contribution is 6.06. The molecule has 0 radical (unpaired) electrons. The van der Waals surface area contributed by atoms with E-state index >= 15 is 0 Å². The molecule has 1 aromatic carbocycles. The van der Waals surface area contributed by atoms with Crippen LogP contribution in [0.4, 0.5) is 13.2 Å². The molecule has 0 atom stereocenters. The number of methoxy groups -OCH3 is 1. The zero-order valence-electron chi connectivity index (χ0n) is 22.5. The predicted molar refractivity (Wildman–Crippen MR) is 143 cm³/mol. The summed E-state index contributed by atoms with van der Waals surface area (Å²) in [4.78, 5) is 28.2. The third-order valence-electron chi connectivity index (χ3n) is 7.81. The fraction of sp³-hybridized carbons (Fsp3) is 0.517. The van der Waals surface area contributed by atoms with Crippen LogP contribution in [-0.2, 0) is 13.0 Å². The predicted octanol–water partition coefficient (Wildman–Crippen LogP) is 5.10. The Morgan fingerprint density at radius 3 is 2.73 bits per heavy atom. The third-order valence-corrected chi connectivity index (χ3v) is 7.81. The van der Waals surface area contributed by atoms with Crippen LogP contribution in [-0.4, -0.2) is 64.8 Å². The van der Waals surface area contributed by atoms with Crippen molar-refractivity contribution in [1.29, 1.82) is 0 Å². The Morgan fingerprint density at radius 2 is 1.95 bits per heavy atom. The maximum atomic E-state index is 13.0. The van der Waals surface area contributed by atoms with Gasteiger partial charge in [0, 0.05) is 42.7 Å². The zero-order valence-corrected chi connectivity index (χ0v) is 22.5. The van der Waals surface area contributed by atoms with Crippen LogP contribution in [0, 0.1) is 5.92 Å². The van der Waals surface area contributed by atoms with E-state index in [1.54, 1.807) is 6.20 Å². The molecule has 0 bridgehead atoms. The van der Waals surface area contributed by atoms with Crippen molar-refractivity contribution in [2.45, 2.75) is 63.7 Å². The first-order chi connectivity index (χ1) is 19.3. The summed E-state index contributed by atoms with van der Waals surface area (Å²) in [7, 11) is 1.43. The number of hydrogen-bond acceptors (Lipinski definition) is 7. The summed E-state index contributed by atoms with van der Waals surface area (Å²) >= 11 is 0. The molecule has 8 nitrogen and oxygen atoms in total. The number of benzene rings is 1. The number of ether oxygens (including phenoxy) is 2. The first kappa shape index (κ1) is 28.1. The van der Waals surface area contributed by atoms with Crippen molar-refractivity contribution in [3.05, 3.63) is 53.3 Å². The number of carbonyl (C=O) groups excluding carboxylic acids is 1. The van der Waals surface area contributed by atoms with Crippen LogP contribution in [0.25, 0.3) is 10.9 Å². The number of nitrogens with one attached hydrogen (secondary N) is 1. The van der Waals surface area contributed by atoms with Crippen LogP contribution in [0.3, 0.4) is 0 Å². The lowest BCUT2D eigenvalue weighted by Crippen LogP contribution is -2.38. The van der Waals surface area contributed by atoms with Gasteiger partial charge in [-0.1, -0.05) is 12.1 Å². The van der Waals surface area contributed by atoms with Gasteiger partial charge >= 0.3 is 12.2 Å². The van der Waals surface area contributed by atoms with Crippen LogP contribution in [0.5, 0.6) is 11.9 Å². The summed E-state index contributed by atoms with van der Waals surface area (Å²) in [6.45, 7) is 1.72. The second kappa shape index (κ2) is 12.4. The molecule has 1 aliphatic heterocycles. The smallest absolute Gasteiger partial charge is 0.392 e. The number of fused-ring (bicyclic) bond motifs is 2. The maximum absolute atomic E-state index is 13.0. The minimum absolute atomic E-state index is 0.0545. The minimum Gasteiger partial charge on any atom is -0.477 e. The molecule has 5 rings (SSSR count). The van der Waals surface area contributed by atoms with Gasteiger partial charge in [0.25, 0.3) is 5.91 Å². The van der Waals surface area contributed by atoms with E-state index in [0.29, 0.717) is 24.4 Å². The first-order valence-corrected chi connectivity index (χ1v) is 13.8. The van der Waals surface area contributed by atoms with Gasteiger partial charge in [0.05, 0.1) is 36.9 Å². The van der Waals surface area contributed by atoms with Gasteiger partial charge in [-0.25, -0.2) is 0 Å². The molecule has 1 aliphatic carbocycles. The Hall–Kier alpha value is -3.47. The van der Waals surface area contributed by atoms with Crippen LogP contribution >= 0.6 is 0 Å². The topological polar surface area (TPSA) is 89.5 Å². The lowest BCUT2D eigenvalue weighted by Gasteiger charge is -2.33. The highest BCUT2D eigenvalue weighted by atomic mass is 19.4. The second-order valence-corrected chi connectivity index (χ2v) is 10.5. The molecule has 11 heteroatoms. The molecule has 214 valence electrons. The average Bonchev–Trinajstić information content (AvgIpc) is 2.95. The monoisotopic (exact) mass is 557 g/mol. The van der Waals surface area contributed by atoms with E-state index in [-0.39, 0.29) is 23.8 Å². The molecule has 1 amide bonds. The number of carbonyl (C=O) groups is 1. The van der Waals surface area contributed by atoms with Crippen LogP contribution < -0.4 is 14.8 Å². The van der Waals surface area contributed by atoms with E-state index in [2.05, 4.69) is 25.2 Å². The summed E-state index contributed by atoms with van der Waals surface area (Å²) in [6.07, 6.45) is 2.03. The number of pyridine rings is 1. The first-order valence-electron chi connectivity index (χ1n) is 13.8. The summed E-state index contributed by atoms with van der Waals surface area (Å²) in [5, 5.41) is 4.08. The summed E-state index contributed by atoms with van der Waals surface area (Å²) < 4.78 is 48.5. The summed E-state index contributed by atoms with van der Waals surface area (Å²) in [6, 6.07) is 9.64. The standard InChI is InChI=1S/C29H34F3N5O3/c1-39-28-35-25-12-16-37(18-23(25)27(36-28)40-17-13-29(30,31)32)15-11-19-7-9-20(10-8-19)34-26(38)22-4-2-6-24-21(22)5-3-14-33-24/h2-6,14,19-20H,7-13,15-18H2,1H3,(H,34,38)/t19-,20-. The molecule has 1 N–H and O–H groups in total. The van der Waals surface area contributed by atoms with E-state index in [1.165, 1.54) is 7.11 Å². The molecule has 40 heavy (non-hydrogen) atoms. The molecular formula is C29H34F3N5O3. The Morgan fingerprint density at radius 1 is 1.12 bits per heavy atom. The fourth-order valence-corrected chi connectivity index (χ4v) is 5.61. The van der Waals surface area contributed by atoms with Gasteiger partial charge in [0.2, 0.25) is 5.88 Å². The molecule has 3 aromatic rings. The van der Waals surface area contributed by atoms with E-state index in [1.807, 2.05) is 30.3 Å². The molecule has 0 saturated heterocycles. The van der Waals surface area contributed by atoms with Crippen molar-refractivity contribution < 1.29 is 27.4 Å². The zero-order chi connectivity index (χ0) is 28.1. The second-order valence-electron chi connectivity index (χ2n) is 10.5. The quantitative estimate of drug-likeness (QED) is 0.392. The van der Waals surface area contributed by atoms with E-state index < -0.39 is 19.2 Å². The fourth-order valence-electron chi connectivity index (χ4n) is 5.61. The summed E-state index contributed by atoms with van der Waals surface area (Å²) in [5.41, 5.74) is 2.97. The molecule has 2 aliphatic rings. The molecule has 2 aromatic heterocycles. The van der Waals surface area contributed by atoms with Crippen LogP contribution in [0.15, 0.2) is 36.5 Å². The number of nitrogens with zero attached hydrogens (tertiary/aromatic N) is 4. The molecular weight excluding hydrogens is 523 g/mol. The number of rotatable bonds is 9. The van der Waals surface area contributed by atoms with Crippen LogP contribution in [0.2, 0.25) is 0 Å². The maximum Gasteiger partial charge on any atom is 0.392 e. The average molecular weight is 558 g/mol. The van der Waals surface area contributed by atoms with Crippen molar-refractivity contribution in [3.63, 3.8) is 0 Å². The molecule has 0 unspecified atom stereocenters. The van der Waals surface area contributed by atoms with E-state index in [4.69, 9.17) is 9.47 Å². The molecule has 0 spiro atoms.